The van der Waals surface area contributed by atoms with Crippen molar-refractivity contribution in [3.05, 3.63) is 41.5 Å². The molecule has 1 rings (SSSR count). The molecule has 0 N–H and O–H groups in total. The molecular weight excluding hydrogens is 146 g/mol. The van der Waals surface area contributed by atoms with E-state index < -0.39 is 0 Å². The zero-order chi connectivity index (χ0) is 9.14. The molecule has 0 spiro atoms. The lowest BCUT2D eigenvalue weighted by atomic mass is 10.0. The first-order chi connectivity index (χ1) is 5.65. The Balaban J connectivity index is 3.20. The highest BCUT2D eigenvalue weighted by Crippen LogP contribution is 2.17. The minimum Gasteiger partial charge on any atom is -0.192 e. The van der Waals surface area contributed by atoms with Crippen LogP contribution in [-0.4, -0.2) is 0 Å². The van der Waals surface area contributed by atoms with E-state index >= 15 is 0 Å². The van der Waals surface area contributed by atoms with Crippen LogP contribution in [0.3, 0.4) is 0 Å². The molecule has 0 bridgehead atoms. The SMILES string of the molecule is C=C(C#N)c1ccc(C)cc1C. The Morgan fingerprint density at radius 3 is 2.58 bits per heavy atom. The van der Waals surface area contributed by atoms with Crippen molar-refractivity contribution in [1.82, 2.24) is 0 Å². The number of hydrogen-bond acceptors (Lipinski definition) is 1. The molecule has 0 unspecified atom stereocenters. The Labute approximate surface area is 73.0 Å². The highest BCUT2D eigenvalue weighted by molar-refractivity contribution is 5.76. The Morgan fingerprint density at radius 1 is 1.42 bits per heavy atom. The van der Waals surface area contributed by atoms with Gasteiger partial charge in [0, 0.05) is 0 Å². The number of nitrogens with zero attached hydrogens (tertiary/aromatic N) is 1. The zero-order valence-corrected chi connectivity index (χ0v) is 7.39. The summed E-state index contributed by atoms with van der Waals surface area (Å²) in [4.78, 5) is 0. The lowest BCUT2D eigenvalue weighted by Crippen LogP contribution is -1.86. The minimum absolute atomic E-state index is 0.535. The van der Waals surface area contributed by atoms with Crippen LogP contribution < -0.4 is 0 Å². The van der Waals surface area contributed by atoms with Crippen LogP contribution in [0.1, 0.15) is 16.7 Å². The summed E-state index contributed by atoms with van der Waals surface area (Å²) >= 11 is 0. The third-order valence-corrected chi connectivity index (χ3v) is 1.84. The van der Waals surface area contributed by atoms with Crippen LogP contribution in [0, 0.1) is 25.2 Å². The van der Waals surface area contributed by atoms with E-state index in [-0.39, 0.29) is 0 Å². The number of benzene rings is 1. The van der Waals surface area contributed by atoms with Crippen LogP contribution in [-0.2, 0) is 0 Å². The largest absolute Gasteiger partial charge is 0.192 e. The van der Waals surface area contributed by atoms with Crippen molar-refractivity contribution in [2.45, 2.75) is 13.8 Å². The van der Waals surface area contributed by atoms with Gasteiger partial charge in [0.1, 0.15) is 0 Å². The maximum Gasteiger partial charge on any atom is 0.0991 e. The summed E-state index contributed by atoms with van der Waals surface area (Å²) in [6.45, 7) is 7.70. The molecule has 12 heavy (non-hydrogen) atoms. The fourth-order valence-corrected chi connectivity index (χ4v) is 1.21. The quantitative estimate of drug-likeness (QED) is 0.575. The summed E-state index contributed by atoms with van der Waals surface area (Å²) in [5.41, 5.74) is 3.80. The van der Waals surface area contributed by atoms with Crippen LogP contribution >= 0.6 is 0 Å². The molecule has 0 radical (unpaired) electrons. The average molecular weight is 157 g/mol. The standard InChI is InChI=1S/C11H11N/c1-8-4-5-11(9(2)6-8)10(3)7-12/h4-6H,3H2,1-2H3. The van der Waals surface area contributed by atoms with Gasteiger partial charge in [0.15, 0.2) is 0 Å². The lowest BCUT2D eigenvalue weighted by molar-refractivity contribution is 1.36. The maximum atomic E-state index is 8.63. The lowest BCUT2D eigenvalue weighted by Gasteiger charge is -2.03. The number of nitriles is 1. The van der Waals surface area contributed by atoms with Crippen molar-refractivity contribution >= 4 is 5.57 Å². The maximum absolute atomic E-state index is 8.63. The number of aryl methyl sites for hydroxylation is 2. The van der Waals surface area contributed by atoms with E-state index in [0.29, 0.717) is 5.57 Å². The smallest absolute Gasteiger partial charge is 0.0991 e. The summed E-state index contributed by atoms with van der Waals surface area (Å²) in [5.74, 6) is 0. The van der Waals surface area contributed by atoms with Crippen molar-refractivity contribution in [3.63, 3.8) is 0 Å². The first kappa shape index (κ1) is 8.55. The van der Waals surface area contributed by atoms with Gasteiger partial charge in [0.05, 0.1) is 11.6 Å². The van der Waals surface area contributed by atoms with Crippen LogP contribution in [0.5, 0.6) is 0 Å². The van der Waals surface area contributed by atoms with Crippen molar-refractivity contribution in [2.75, 3.05) is 0 Å². The van der Waals surface area contributed by atoms with Gasteiger partial charge in [-0.25, -0.2) is 0 Å². The Morgan fingerprint density at radius 2 is 2.08 bits per heavy atom. The Hall–Kier alpha value is -1.55. The number of hydrogen-bond donors (Lipinski definition) is 0. The monoisotopic (exact) mass is 157 g/mol. The van der Waals surface area contributed by atoms with E-state index in [1.165, 1.54) is 5.56 Å². The molecule has 0 amide bonds. The van der Waals surface area contributed by atoms with Gasteiger partial charge < -0.3 is 0 Å². The third-order valence-electron chi connectivity index (χ3n) is 1.84. The fraction of sp³-hybridized carbons (Fsp3) is 0.182. The van der Waals surface area contributed by atoms with Gasteiger partial charge in [0.2, 0.25) is 0 Å². The van der Waals surface area contributed by atoms with Gasteiger partial charge in [-0.3, -0.25) is 0 Å². The summed E-state index contributed by atoms with van der Waals surface area (Å²) in [6.07, 6.45) is 0. The molecule has 1 aromatic rings. The molecule has 0 atom stereocenters. The predicted octanol–water partition coefficient (Wildman–Crippen LogP) is 2.84. The number of rotatable bonds is 1. The van der Waals surface area contributed by atoms with E-state index in [0.717, 1.165) is 11.1 Å². The summed E-state index contributed by atoms with van der Waals surface area (Å²) in [6, 6.07) is 8.03. The summed E-state index contributed by atoms with van der Waals surface area (Å²) in [7, 11) is 0. The van der Waals surface area contributed by atoms with Crippen LogP contribution in [0.4, 0.5) is 0 Å². The van der Waals surface area contributed by atoms with Gasteiger partial charge in [-0.05, 0) is 25.0 Å². The van der Waals surface area contributed by atoms with Crippen molar-refractivity contribution in [3.8, 4) is 6.07 Å². The van der Waals surface area contributed by atoms with Gasteiger partial charge in [-0.1, -0.05) is 30.3 Å². The van der Waals surface area contributed by atoms with E-state index in [9.17, 15) is 0 Å². The fourth-order valence-electron chi connectivity index (χ4n) is 1.21. The molecule has 1 heteroatoms. The second kappa shape index (κ2) is 3.23. The van der Waals surface area contributed by atoms with Crippen molar-refractivity contribution < 1.29 is 0 Å². The molecule has 0 fully saturated rings. The van der Waals surface area contributed by atoms with Gasteiger partial charge >= 0.3 is 0 Å². The normalized spacial score (nSPS) is 9.08. The van der Waals surface area contributed by atoms with Crippen molar-refractivity contribution in [1.29, 1.82) is 5.26 Å². The second-order valence-corrected chi connectivity index (χ2v) is 2.91. The molecule has 0 saturated heterocycles. The molecule has 0 aliphatic carbocycles. The molecule has 0 aliphatic heterocycles. The first-order valence-electron chi connectivity index (χ1n) is 3.82. The third kappa shape index (κ3) is 1.54. The van der Waals surface area contributed by atoms with Crippen LogP contribution in [0.25, 0.3) is 5.57 Å². The Bertz CT molecular complexity index is 356. The highest BCUT2D eigenvalue weighted by Gasteiger charge is 2.00. The topological polar surface area (TPSA) is 23.8 Å². The molecular formula is C11H11N. The minimum atomic E-state index is 0.535. The predicted molar refractivity (Wildman–Crippen MR) is 50.6 cm³/mol. The highest BCUT2D eigenvalue weighted by atomic mass is 14.2. The summed E-state index contributed by atoms with van der Waals surface area (Å²) in [5, 5.41) is 8.63. The summed E-state index contributed by atoms with van der Waals surface area (Å²) < 4.78 is 0. The van der Waals surface area contributed by atoms with E-state index in [1.54, 1.807) is 0 Å². The second-order valence-electron chi connectivity index (χ2n) is 2.91. The first-order valence-corrected chi connectivity index (χ1v) is 3.82. The molecule has 0 aliphatic rings. The Kier molecular flexibility index (Phi) is 2.30. The molecule has 1 aromatic carbocycles. The van der Waals surface area contributed by atoms with Gasteiger partial charge in [-0.15, -0.1) is 0 Å². The molecule has 0 saturated carbocycles. The number of allylic oxidation sites excluding steroid dienone is 1. The molecule has 0 aromatic heterocycles. The van der Waals surface area contributed by atoms with E-state index in [4.69, 9.17) is 5.26 Å². The van der Waals surface area contributed by atoms with Crippen molar-refractivity contribution in [2.24, 2.45) is 0 Å². The molecule has 0 heterocycles. The van der Waals surface area contributed by atoms with Gasteiger partial charge in [0.25, 0.3) is 0 Å². The van der Waals surface area contributed by atoms with E-state index in [1.807, 2.05) is 32.0 Å². The van der Waals surface area contributed by atoms with Crippen LogP contribution in [0.15, 0.2) is 24.8 Å². The molecule has 1 nitrogen and oxygen atoms in total. The van der Waals surface area contributed by atoms with Gasteiger partial charge in [-0.2, -0.15) is 5.26 Å². The van der Waals surface area contributed by atoms with Crippen LogP contribution in [0.2, 0.25) is 0 Å². The molecule has 60 valence electrons. The van der Waals surface area contributed by atoms with E-state index in [2.05, 4.69) is 12.6 Å². The zero-order valence-electron chi connectivity index (χ0n) is 7.39. The average Bonchev–Trinajstić information content (AvgIpc) is 2.03.